The van der Waals surface area contributed by atoms with Gasteiger partial charge >= 0.3 is 11.9 Å². The fourth-order valence-electron chi connectivity index (χ4n) is 6.75. The number of hydrogen-bond acceptors (Lipinski definition) is 13. The Hall–Kier alpha value is -5.76. The molecule has 0 fully saturated rings. The average molecular weight is 842 g/mol. The number of anilines is 4. The zero-order valence-corrected chi connectivity index (χ0v) is 35.7. The van der Waals surface area contributed by atoms with E-state index in [1.165, 1.54) is 40.7 Å². The molecule has 6 rings (SSSR count). The van der Waals surface area contributed by atoms with E-state index in [1.54, 1.807) is 24.3 Å². The van der Waals surface area contributed by atoms with Crippen molar-refractivity contribution >= 4 is 80.0 Å². The maximum Gasteiger partial charge on any atom is 0.308 e. The second-order valence-corrected chi connectivity index (χ2v) is 16.6. The summed E-state index contributed by atoms with van der Waals surface area (Å²) in [6.45, 7) is 12.3. The molecule has 2 N–H and O–H groups in total. The molecule has 15 heteroatoms. The molecule has 2 heterocycles. The van der Waals surface area contributed by atoms with Gasteiger partial charge in [-0.25, -0.2) is 19.9 Å². The molecule has 6 aromatic rings. The summed E-state index contributed by atoms with van der Waals surface area (Å²) in [7, 11) is 3.00. The van der Waals surface area contributed by atoms with E-state index >= 15 is 0 Å². The standard InChI is InChI=1S/C44H46Cl2N6O7/c1-25(53)58-39-15-31-35(17-37(39)55-7)47-23-49-41(31)51-33-13-29(45)11-9-27(33)19-43(3,4)21-57-22-44(5,6)20-28-10-12-30(46)14-34(28)52-42-32-16-40(59-26(2)54)38(56-8)18-36(32)48-24-50-42/h9-18,23-24H,19-22H2,1-8H3,(H,47,49,51)(H,48,50,52). The lowest BCUT2D eigenvalue weighted by molar-refractivity contribution is -0.132. The maximum atomic E-state index is 11.8. The Balaban J connectivity index is 1.16. The quantitative estimate of drug-likeness (QED) is 0.0702. The molecule has 2 aromatic heterocycles. The van der Waals surface area contributed by atoms with Crippen LogP contribution in [0.25, 0.3) is 21.8 Å². The van der Waals surface area contributed by atoms with E-state index in [4.69, 9.17) is 46.9 Å². The van der Waals surface area contributed by atoms with Gasteiger partial charge in [0.1, 0.15) is 24.3 Å². The molecule has 308 valence electrons. The van der Waals surface area contributed by atoms with Crippen LogP contribution in [0.1, 0.15) is 52.7 Å². The van der Waals surface area contributed by atoms with Crippen LogP contribution in [0.2, 0.25) is 10.0 Å². The second kappa shape index (κ2) is 18.0. The van der Waals surface area contributed by atoms with Crippen LogP contribution in [0.4, 0.5) is 23.0 Å². The van der Waals surface area contributed by atoms with E-state index in [0.717, 1.165) is 22.5 Å². The highest BCUT2D eigenvalue weighted by Gasteiger charge is 2.26. The van der Waals surface area contributed by atoms with E-state index in [2.05, 4.69) is 58.3 Å². The van der Waals surface area contributed by atoms with Gasteiger partial charge in [0.05, 0.1) is 38.5 Å². The van der Waals surface area contributed by atoms with Crippen LogP contribution in [-0.2, 0) is 27.2 Å². The molecule has 0 aliphatic carbocycles. The smallest absolute Gasteiger partial charge is 0.308 e. The summed E-state index contributed by atoms with van der Waals surface area (Å²) in [5.74, 6) is 1.37. The summed E-state index contributed by atoms with van der Waals surface area (Å²) in [6, 6.07) is 18.2. The summed E-state index contributed by atoms with van der Waals surface area (Å²) < 4.78 is 28.2. The second-order valence-electron chi connectivity index (χ2n) is 15.7. The van der Waals surface area contributed by atoms with Crippen LogP contribution in [0, 0.1) is 10.8 Å². The van der Waals surface area contributed by atoms with E-state index in [-0.39, 0.29) is 22.3 Å². The first-order valence-corrected chi connectivity index (χ1v) is 19.5. The lowest BCUT2D eigenvalue weighted by Crippen LogP contribution is -2.28. The first-order chi connectivity index (χ1) is 28.0. The first kappa shape index (κ1) is 42.8. The molecule has 0 bridgehead atoms. The third-order valence-corrected chi connectivity index (χ3v) is 9.79. The third kappa shape index (κ3) is 10.8. The fourth-order valence-corrected chi connectivity index (χ4v) is 7.09. The first-order valence-electron chi connectivity index (χ1n) is 18.7. The largest absolute Gasteiger partial charge is 0.493 e. The maximum absolute atomic E-state index is 11.8. The van der Waals surface area contributed by atoms with Gasteiger partial charge in [-0.2, -0.15) is 0 Å². The zero-order chi connectivity index (χ0) is 42.5. The molecule has 0 saturated heterocycles. The number of aromatic nitrogens is 4. The number of ether oxygens (including phenoxy) is 5. The highest BCUT2D eigenvalue weighted by Crippen LogP contribution is 2.39. The Morgan fingerprint density at radius 2 is 1.00 bits per heavy atom. The molecule has 0 aliphatic heterocycles. The van der Waals surface area contributed by atoms with Crippen molar-refractivity contribution < 1.29 is 33.3 Å². The SMILES string of the molecule is COc1cc2ncnc(Nc3cc(Cl)ccc3CC(C)(C)COCC(C)(C)Cc3ccc(Cl)cc3Nc3ncnc4cc(OC)c(OC(C)=O)cc34)c2cc1OC(C)=O. The van der Waals surface area contributed by atoms with E-state index in [1.807, 2.05) is 36.4 Å². The van der Waals surface area contributed by atoms with E-state index < -0.39 is 11.9 Å². The van der Waals surface area contributed by atoms with Crippen molar-refractivity contribution in [1.29, 1.82) is 0 Å². The van der Waals surface area contributed by atoms with Crippen molar-refractivity contribution in [3.05, 3.63) is 94.5 Å². The fraction of sp³-hybridized carbons (Fsp3) is 0.318. The predicted octanol–water partition coefficient (Wildman–Crippen LogP) is 10.1. The molecule has 4 aromatic carbocycles. The number of rotatable bonds is 16. The lowest BCUT2D eigenvalue weighted by Gasteiger charge is -2.30. The third-order valence-electron chi connectivity index (χ3n) is 9.32. The van der Waals surface area contributed by atoms with Crippen molar-refractivity contribution in [1.82, 2.24) is 19.9 Å². The molecular formula is C44H46Cl2N6O7. The summed E-state index contributed by atoms with van der Waals surface area (Å²) in [6.07, 6.45) is 4.23. The molecule has 0 amide bonds. The number of carbonyl (C=O) groups is 2. The highest BCUT2D eigenvalue weighted by atomic mass is 35.5. The van der Waals surface area contributed by atoms with Gasteiger partial charge in [-0.3, -0.25) is 9.59 Å². The van der Waals surface area contributed by atoms with Crippen molar-refractivity contribution in [3.8, 4) is 23.0 Å². The van der Waals surface area contributed by atoms with Gasteiger partial charge < -0.3 is 34.3 Å². The van der Waals surface area contributed by atoms with Gasteiger partial charge in [-0.1, -0.05) is 63.0 Å². The van der Waals surface area contributed by atoms with Gasteiger partial charge in [0.2, 0.25) is 0 Å². The molecule has 0 radical (unpaired) electrons. The summed E-state index contributed by atoms with van der Waals surface area (Å²) >= 11 is 13.0. The highest BCUT2D eigenvalue weighted by molar-refractivity contribution is 6.31. The number of nitrogens with zero attached hydrogens (tertiary/aromatic N) is 4. The van der Waals surface area contributed by atoms with Crippen molar-refractivity contribution in [2.45, 2.75) is 54.4 Å². The minimum Gasteiger partial charge on any atom is -0.493 e. The van der Waals surface area contributed by atoms with Crippen LogP contribution in [-0.4, -0.2) is 59.3 Å². The Bertz CT molecular complexity index is 2360. The number of carbonyl (C=O) groups excluding carboxylic acids is 2. The number of nitrogens with one attached hydrogen (secondary N) is 2. The minimum atomic E-state index is -0.474. The zero-order valence-electron chi connectivity index (χ0n) is 34.2. The van der Waals surface area contributed by atoms with E-state index in [0.29, 0.717) is 81.0 Å². The summed E-state index contributed by atoms with van der Waals surface area (Å²) in [5.41, 5.74) is 4.22. The van der Waals surface area contributed by atoms with Gasteiger partial charge in [0, 0.05) is 58.2 Å². The van der Waals surface area contributed by atoms with Crippen LogP contribution in [0.15, 0.2) is 73.3 Å². The lowest BCUT2D eigenvalue weighted by atomic mass is 9.84. The Morgan fingerprint density at radius 1 is 0.593 bits per heavy atom. The van der Waals surface area contributed by atoms with Crippen LogP contribution in [0.5, 0.6) is 23.0 Å². The number of fused-ring (bicyclic) bond motifs is 2. The number of esters is 2. The molecule has 0 spiro atoms. The predicted molar refractivity (Wildman–Crippen MR) is 230 cm³/mol. The van der Waals surface area contributed by atoms with Crippen molar-refractivity contribution in [3.63, 3.8) is 0 Å². The van der Waals surface area contributed by atoms with Gasteiger partial charge in [0.25, 0.3) is 0 Å². The number of benzene rings is 4. The number of halogens is 2. The Kier molecular flexibility index (Phi) is 13.1. The monoisotopic (exact) mass is 840 g/mol. The van der Waals surface area contributed by atoms with Crippen molar-refractivity contribution in [2.75, 3.05) is 38.1 Å². The normalized spacial score (nSPS) is 11.7. The molecule has 0 unspecified atom stereocenters. The molecule has 13 nitrogen and oxygen atoms in total. The topological polar surface area (TPSA) is 156 Å². The molecule has 59 heavy (non-hydrogen) atoms. The Morgan fingerprint density at radius 3 is 1.37 bits per heavy atom. The van der Waals surface area contributed by atoms with Gasteiger partial charge in [0.15, 0.2) is 23.0 Å². The number of methoxy groups -OCH3 is 2. The molecular weight excluding hydrogens is 795 g/mol. The number of hydrogen-bond donors (Lipinski definition) is 2. The Labute approximate surface area is 352 Å². The van der Waals surface area contributed by atoms with Crippen LogP contribution < -0.4 is 29.6 Å². The van der Waals surface area contributed by atoms with Gasteiger partial charge in [-0.05, 0) is 71.2 Å². The van der Waals surface area contributed by atoms with Crippen molar-refractivity contribution in [2.24, 2.45) is 10.8 Å². The molecule has 0 atom stereocenters. The molecule has 0 aliphatic rings. The van der Waals surface area contributed by atoms with E-state index in [9.17, 15) is 9.59 Å². The minimum absolute atomic E-state index is 0.262. The molecule has 0 saturated carbocycles. The van der Waals surface area contributed by atoms with Crippen LogP contribution in [0.3, 0.4) is 0 Å². The van der Waals surface area contributed by atoms with Gasteiger partial charge in [-0.15, -0.1) is 0 Å². The van der Waals surface area contributed by atoms with Crippen LogP contribution >= 0.6 is 23.2 Å². The summed E-state index contributed by atoms with van der Waals surface area (Å²) in [5, 5.41) is 9.29. The average Bonchev–Trinajstić information content (AvgIpc) is 3.16. The summed E-state index contributed by atoms with van der Waals surface area (Å²) in [4.78, 5) is 41.5.